The van der Waals surface area contributed by atoms with Crippen molar-refractivity contribution in [2.75, 3.05) is 13.2 Å². The van der Waals surface area contributed by atoms with E-state index in [1.807, 2.05) is 56.3 Å². The number of ether oxygens (including phenoxy) is 1. The van der Waals surface area contributed by atoms with E-state index in [-0.39, 0.29) is 0 Å². The third-order valence-corrected chi connectivity index (χ3v) is 5.19. The normalized spacial score (nSPS) is 12.2. The molecule has 0 radical (unpaired) electrons. The summed E-state index contributed by atoms with van der Waals surface area (Å²) in [4.78, 5) is 16.9. The molecular weight excluding hydrogens is 402 g/mol. The summed E-state index contributed by atoms with van der Waals surface area (Å²) in [6.45, 7) is 4.48. The molecule has 5 nitrogen and oxygen atoms in total. The first-order valence-corrected chi connectivity index (χ1v) is 10.8. The third-order valence-electron chi connectivity index (χ3n) is 5.19. The van der Waals surface area contributed by atoms with Crippen molar-refractivity contribution < 1.29 is 19.5 Å². The van der Waals surface area contributed by atoms with Crippen LogP contribution in [0.5, 0.6) is 5.75 Å². The van der Waals surface area contributed by atoms with Gasteiger partial charge in [-0.25, -0.2) is 0 Å². The van der Waals surface area contributed by atoms with Gasteiger partial charge in [0.15, 0.2) is 0 Å². The van der Waals surface area contributed by atoms with Gasteiger partial charge in [0, 0.05) is 0 Å². The maximum absolute atomic E-state index is 11.4. The molecule has 1 atom stereocenters. The van der Waals surface area contributed by atoms with E-state index >= 15 is 0 Å². The Kier molecular flexibility index (Phi) is 8.46. The molecule has 5 heteroatoms. The van der Waals surface area contributed by atoms with Gasteiger partial charge in [0.2, 0.25) is 0 Å². The molecular formula is C27H29NO4. The first-order valence-electron chi connectivity index (χ1n) is 10.8. The lowest BCUT2D eigenvalue weighted by atomic mass is 9.97. The predicted octanol–water partition coefficient (Wildman–Crippen LogP) is 5.89. The van der Waals surface area contributed by atoms with Crippen molar-refractivity contribution in [3.8, 4) is 16.9 Å². The summed E-state index contributed by atoms with van der Waals surface area (Å²) in [6.07, 6.45) is 2.49. The Labute approximate surface area is 189 Å². The maximum Gasteiger partial charge on any atom is 0.310 e. The average molecular weight is 432 g/mol. The molecule has 0 bridgehead atoms. The minimum atomic E-state index is -0.826. The first kappa shape index (κ1) is 23.1. The Morgan fingerprint density at radius 3 is 2.34 bits per heavy atom. The number of aliphatic carboxylic acids is 1. The molecule has 0 aliphatic rings. The molecule has 166 valence electrons. The van der Waals surface area contributed by atoms with Crippen molar-refractivity contribution in [3.05, 3.63) is 96.1 Å². The Hall–Kier alpha value is -3.57. The monoisotopic (exact) mass is 431 g/mol. The summed E-state index contributed by atoms with van der Waals surface area (Å²) in [5.74, 6) is -0.719. The van der Waals surface area contributed by atoms with Crippen LogP contribution in [0.3, 0.4) is 0 Å². The Balaban J connectivity index is 1.48. The number of hydrogen-bond donors (Lipinski definition) is 2. The quantitative estimate of drug-likeness (QED) is 0.293. The summed E-state index contributed by atoms with van der Waals surface area (Å²) in [5, 5.41) is 9.33. The molecule has 0 heterocycles. The highest BCUT2D eigenvalue weighted by atomic mass is 16.7. The number of allylic oxidation sites excluding steroid dienone is 1. The zero-order valence-corrected chi connectivity index (χ0v) is 18.5. The number of carboxylic acid groups (broad SMARTS) is 1. The zero-order valence-electron chi connectivity index (χ0n) is 18.5. The minimum absolute atomic E-state index is 0.333. The van der Waals surface area contributed by atoms with Gasteiger partial charge in [0.1, 0.15) is 19.0 Å². The number of hydroxylamine groups is 1. The van der Waals surface area contributed by atoms with Gasteiger partial charge in [-0.05, 0) is 47.7 Å². The van der Waals surface area contributed by atoms with E-state index in [1.54, 1.807) is 6.07 Å². The molecule has 0 saturated carbocycles. The van der Waals surface area contributed by atoms with E-state index in [4.69, 9.17) is 9.57 Å². The molecule has 3 rings (SSSR count). The summed E-state index contributed by atoms with van der Waals surface area (Å²) in [5.41, 5.74) is 7.97. The fourth-order valence-corrected chi connectivity index (χ4v) is 3.46. The van der Waals surface area contributed by atoms with Crippen LogP contribution in [-0.4, -0.2) is 24.3 Å². The van der Waals surface area contributed by atoms with Gasteiger partial charge in [0.05, 0.1) is 11.6 Å². The van der Waals surface area contributed by atoms with Gasteiger partial charge < -0.3 is 9.84 Å². The number of rotatable bonds is 11. The van der Waals surface area contributed by atoms with Crippen molar-refractivity contribution in [2.45, 2.75) is 26.2 Å². The van der Waals surface area contributed by atoms with Crippen molar-refractivity contribution in [1.29, 1.82) is 0 Å². The van der Waals surface area contributed by atoms with Crippen LogP contribution in [0.4, 0.5) is 0 Å². The highest BCUT2D eigenvalue weighted by Crippen LogP contribution is 2.24. The highest BCUT2D eigenvalue weighted by molar-refractivity contribution is 5.76. The zero-order chi connectivity index (χ0) is 22.8. The summed E-state index contributed by atoms with van der Waals surface area (Å²) in [7, 11) is 0. The molecule has 1 unspecified atom stereocenters. The molecule has 0 aliphatic carbocycles. The van der Waals surface area contributed by atoms with E-state index in [0.29, 0.717) is 25.4 Å². The number of benzene rings is 3. The van der Waals surface area contributed by atoms with E-state index in [2.05, 4.69) is 41.9 Å². The molecule has 3 aromatic rings. The van der Waals surface area contributed by atoms with Crippen molar-refractivity contribution in [1.82, 2.24) is 5.48 Å². The number of carboxylic acids is 1. The van der Waals surface area contributed by atoms with Gasteiger partial charge in [-0.3, -0.25) is 15.1 Å². The van der Waals surface area contributed by atoms with E-state index in [0.717, 1.165) is 22.4 Å². The fraction of sp³-hybridized carbons (Fsp3) is 0.222. The van der Waals surface area contributed by atoms with Crippen LogP contribution in [-0.2, 0) is 9.63 Å². The second kappa shape index (κ2) is 11.7. The second-order valence-electron chi connectivity index (χ2n) is 7.32. The smallest absolute Gasteiger partial charge is 0.310 e. The molecule has 0 spiro atoms. The Morgan fingerprint density at radius 2 is 1.69 bits per heavy atom. The van der Waals surface area contributed by atoms with Crippen LogP contribution >= 0.6 is 0 Å². The van der Waals surface area contributed by atoms with Crippen LogP contribution in [0.15, 0.2) is 84.9 Å². The van der Waals surface area contributed by atoms with E-state index in [1.165, 1.54) is 5.56 Å². The number of carbonyl (C=O) groups is 1. The van der Waals surface area contributed by atoms with E-state index in [9.17, 15) is 9.90 Å². The molecule has 0 aliphatic heterocycles. The van der Waals surface area contributed by atoms with Crippen LogP contribution < -0.4 is 10.2 Å². The minimum Gasteiger partial charge on any atom is -0.491 e. The first-order chi connectivity index (χ1) is 15.6. The van der Waals surface area contributed by atoms with Crippen LogP contribution in [0.1, 0.15) is 37.3 Å². The molecule has 2 N–H and O–H groups in total. The van der Waals surface area contributed by atoms with Gasteiger partial charge in [-0.15, -0.1) is 0 Å². The van der Waals surface area contributed by atoms with Crippen molar-refractivity contribution in [2.24, 2.45) is 0 Å². The molecule has 3 aromatic carbocycles. The Bertz CT molecular complexity index is 1030. The van der Waals surface area contributed by atoms with Crippen molar-refractivity contribution >= 4 is 11.7 Å². The van der Waals surface area contributed by atoms with Gasteiger partial charge in [-0.2, -0.15) is 0 Å². The van der Waals surface area contributed by atoms with Gasteiger partial charge >= 0.3 is 5.97 Å². The average Bonchev–Trinajstić information content (AvgIpc) is 2.83. The van der Waals surface area contributed by atoms with Gasteiger partial charge in [0.25, 0.3) is 0 Å². The lowest BCUT2D eigenvalue weighted by Gasteiger charge is -2.14. The standard InChI is InChI=1S/C27H29NO4/c1-3-25(27(29)30)23-11-8-12-24(19-23)31-17-18-32-28-26(4-2)22-15-13-21(14-16-22)20-9-6-5-7-10-20/h4-16,19,25,28H,3,17-18H2,1-2H3,(H,29,30). The second-order valence-corrected chi connectivity index (χ2v) is 7.32. The lowest BCUT2D eigenvalue weighted by molar-refractivity contribution is -0.138. The van der Waals surface area contributed by atoms with Crippen LogP contribution in [0.25, 0.3) is 16.8 Å². The molecule has 0 fully saturated rings. The lowest BCUT2D eigenvalue weighted by Crippen LogP contribution is -2.18. The molecule has 32 heavy (non-hydrogen) atoms. The maximum atomic E-state index is 11.4. The fourth-order valence-electron chi connectivity index (χ4n) is 3.46. The number of hydrogen-bond acceptors (Lipinski definition) is 4. The predicted molar refractivity (Wildman–Crippen MR) is 127 cm³/mol. The van der Waals surface area contributed by atoms with E-state index < -0.39 is 11.9 Å². The summed E-state index contributed by atoms with van der Waals surface area (Å²) in [6, 6.07) is 25.8. The largest absolute Gasteiger partial charge is 0.491 e. The topological polar surface area (TPSA) is 67.8 Å². The van der Waals surface area contributed by atoms with Crippen LogP contribution in [0, 0.1) is 0 Å². The third kappa shape index (κ3) is 6.22. The highest BCUT2D eigenvalue weighted by Gasteiger charge is 2.17. The van der Waals surface area contributed by atoms with Crippen molar-refractivity contribution in [3.63, 3.8) is 0 Å². The van der Waals surface area contributed by atoms with Crippen LogP contribution in [0.2, 0.25) is 0 Å². The summed E-state index contributed by atoms with van der Waals surface area (Å²) >= 11 is 0. The summed E-state index contributed by atoms with van der Waals surface area (Å²) < 4.78 is 5.73. The molecule has 0 amide bonds. The molecule has 0 saturated heterocycles. The van der Waals surface area contributed by atoms with Gasteiger partial charge in [-0.1, -0.05) is 79.7 Å². The Morgan fingerprint density at radius 1 is 0.969 bits per heavy atom. The molecule has 0 aromatic heterocycles. The number of nitrogens with one attached hydrogen (secondary N) is 1. The SMILES string of the molecule is CC=C(NOCCOc1cccc(C(CC)C(=O)O)c1)c1ccc(-c2ccccc2)cc1.